The molecule has 1 unspecified atom stereocenters. The van der Waals surface area contributed by atoms with Crippen molar-refractivity contribution >= 4 is 17.3 Å². The first-order valence-corrected chi connectivity index (χ1v) is 5.20. The number of hydrogen-bond acceptors (Lipinski definition) is 2. The van der Waals surface area contributed by atoms with Gasteiger partial charge in [-0.05, 0) is 18.9 Å². The maximum atomic E-state index is 13.1. The Labute approximate surface area is 94.2 Å². The van der Waals surface area contributed by atoms with Crippen molar-refractivity contribution in [3.05, 3.63) is 23.0 Å². The first kappa shape index (κ1) is 12.1. The van der Waals surface area contributed by atoms with Crippen molar-refractivity contribution in [1.29, 1.82) is 0 Å². The third kappa shape index (κ3) is 2.99. The van der Waals surface area contributed by atoms with E-state index >= 15 is 0 Å². The molecule has 0 heterocycles. The lowest BCUT2D eigenvalue weighted by Crippen LogP contribution is -2.19. The number of benzene rings is 1. The Hall–Kier alpha value is -0.960. The predicted molar refractivity (Wildman–Crippen MR) is 60.8 cm³/mol. The van der Waals surface area contributed by atoms with Gasteiger partial charge in [-0.1, -0.05) is 25.4 Å². The summed E-state index contributed by atoms with van der Waals surface area (Å²) < 4.78 is 18.7. The van der Waals surface area contributed by atoms with E-state index in [9.17, 15) is 4.39 Å². The number of nitrogen functional groups attached to an aromatic ring is 1. The molecule has 0 aliphatic carbocycles. The molecule has 0 aliphatic heterocycles. The van der Waals surface area contributed by atoms with Crippen LogP contribution in [0.15, 0.2) is 12.1 Å². The minimum absolute atomic E-state index is 0.0112. The van der Waals surface area contributed by atoms with Crippen LogP contribution in [-0.2, 0) is 0 Å². The van der Waals surface area contributed by atoms with E-state index in [0.29, 0.717) is 17.4 Å². The molecule has 4 heteroatoms. The van der Waals surface area contributed by atoms with Gasteiger partial charge in [0, 0.05) is 6.07 Å². The summed E-state index contributed by atoms with van der Waals surface area (Å²) in [6.07, 6.45) is -0.0205. The fourth-order valence-electron chi connectivity index (χ4n) is 0.982. The van der Waals surface area contributed by atoms with E-state index in [-0.39, 0.29) is 11.1 Å². The monoisotopic (exact) mass is 231 g/mol. The van der Waals surface area contributed by atoms with E-state index in [1.165, 1.54) is 12.1 Å². The van der Waals surface area contributed by atoms with Crippen LogP contribution < -0.4 is 10.5 Å². The zero-order valence-corrected chi connectivity index (χ0v) is 9.81. The molecule has 0 radical (unpaired) electrons. The average molecular weight is 232 g/mol. The number of rotatable bonds is 3. The lowest BCUT2D eigenvalue weighted by Gasteiger charge is -2.19. The maximum Gasteiger partial charge on any atom is 0.145 e. The van der Waals surface area contributed by atoms with Crippen LogP contribution in [0.3, 0.4) is 0 Å². The summed E-state index contributed by atoms with van der Waals surface area (Å²) in [6.45, 7) is 5.96. The van der Waals surface area contributed by atoms with Gasteiger partial charge in [-0.25, -0.2) is 4.39 Å². The highest BCUT2D eigenvalue weighted by atomic mass is 35.5. The van der Waals surface area contributed by atoms with Crippen LogP contribution in [0, 0.1) is 11.7 Å². The van der Waals surface area contributed by atoms with Gasteiger partial charge in [0.1, 0.15) is 11.6 Å². The Kier molecular flexibility index (Phi) is 3.80. The molecule has 2 nitrogen and oxygen atoms in total. The highest BCUT2D eigenvalue weighted by Crippen LogP contribution is 2.29. The standard InChI is InChI=1S/C11H15ClFNO/c1-6(2)7(3)15-11-5-9(13)8(12)4-10(11)14/h4-7H,14H2,1-3H3. The van der Waals surface area contributed by atoms with Gasteiger partial charge in [0.25, 0.3) is 0 Å². The molecule has 0 spiro atoms. The number of nitrogens with two attached hydrogens (primary N) is 1. The van der Waals surface area contributed by atoms with E-state index in [1.807, 2.05) is 20.8 Å². The summed E-state index contributed by atoms with van der Waals surface area (Å²) in [6, 6.07) is 2.58. The molecule has 0 bridgehead atoms. The van der Waals surface area contributed by atoms with Gasteiger partial charge < -0.3 is 10.5 Å². The van der Waals surface area contributed by atoms with Crippen molar-refractivity contribution in [2.45, 2.75) is 26.9 Å². The quantitative estimate of drug-likeness (QED) is 0.809. The fraction of sp³-hybridized carbons (Fsp3) is 0.455. The Morgan fingerprint density at radius 2 is 1.93 bits per heavy atom. The van der Waals surface area contributed by atoms with Crippen LogP contribution >= 0.6 is 11.6 Å². The Morgan fingerprint density at radius 1 is 1.33 bits per heavy atom. The van der Waals surface area contributed by atoms with Gasteiger partial charge >= 0.3 is 0 Å². The second kappa shape index (κ2) is 4.71. The molecule has 0 aromatic heterocycles. The molecule has 1 aromatic carbocycles. The molecule has 0 amide bonds. The largest absolute Gasteiger partial charge is 0.488 e. The normalized spacial score (nSPS) is 12.9. The van der Waals surface area contributed by atoms with Crippen molar-refractivity contribution in [1.82, 2.24) is 0 Å². The summed E-state index contributed by atoms with van der Waals surface area (Å²) >= 11 is 5.57. The van der Waals surface area contributed by atoms with Crippen LogP contribution in [0.4, 0.5) is 10.1 Å². The summed E-state index contributed by atoms with van der Waals surface area (Å²) in [5.41, 5.74) is 6.02. The summed E-state index contributed by atoms with van der Waals surface area (Å²) in [7, 11) is 0. The van der Waals surface area contributed by atoms with E-state index in [1.54, 1.807) is 0 Å². The lowest BCUT2D eigenvalue weighted by atomic mass is 10.1. The summed E-state index contributed by atoms with van der Waals surface area (Å²) in [5, 5.41) is 0.0112. The Morgan fingerprint density at radius 3 is 2.47 bits per heavy atom. The van der Waals surface area contributed by atoms with Crippen LogP contribution in [0.25, 0.3) is 0 Å². The van der Waals surface area contributed by atoms with E-state index in [4.69, 9.17) is 22.1 Å². The van der Waals surface area contributed by atoms with Crippen LogP contribution in [0.1, 0.15) is 20.8 Å². The minimum Gasteiger partial charge on any atom is -0.488 e. The SMILES string of the molecule is CC(C)C(C)Oc1cc(F)c(Cl)cc1N. The number of hydrogen-bond donors (Lipinski definition) is 1. The second-order valence-electron chi connectivity index (χ2n) is 3.87. The predicted octanol–water partition coefficient (Wildman–Crippen LogP) is 3.48. The third-order valence-corrected chi connectivity index (χ3v) is 2.59. The molecular weight excluding hydrogens is 217 g/mol. The first-order valence-electron chi connectivity index (χ1n) is 4.83. The molecule has 15 heavy (non-hydrogen) atoms. The fourth-order valence-corrected chi connectivity index (χ4v) is 1.15. The Bertz CT molecular complexity index is 355. The van der Waals surface area contributed by atoms with Crippen molar-refractivity contribution in [3.8, 4) is 5.75 Å². The number of halogens is 2. The molecule has 1 rings (SSSR count). The van der Waals surface area contributed by atoms with Crippen LogP contribution in [0.2, 0.25) is 5.02 Å². The smallest absolute Gasteiger partial charge is 0.145 e. The van der Waals surface area contributed by atoms with Crippen molar-refractivity contribution in [3.63, 3.8) is 0 Å². The van der Waals surface area contributed by atoms with Gasteiger partial charge in [-0.2, -0.15) is 0 Å². The van der Waals surface area contributed by atoms with Gasteiger partial charge in [0.15, 0.2) is 0 Å². The molecule has 1 atom stereocenters. The lowest BCUT2D eigenvalue weighted by molar-refractivity contribution is 0.171. The molecule has 0 fully saturated rings. The molecule has 0 saturated heterocycles. The molecular formula is C11H15ClFNO. The molecule has 2 N–H and O–H groups in total. The van der Waals surface area contributed by atoms with Gasteiger partial charge in [0.05, 0.1) is 16.8 Å². The minimum atomic E-state index is -0.517. The van der Waals surface area contributed by atoms with Crippen molar-refractivity contribution in [2.75, 3.05) is 5.73 Å². The van der Waals surface area contributed by atoms with E-state index < -0.39 is 5.82 Å². The van der Waals surface area contributed by atoms with Crippen molar-refractivity contribution < 1.29 is 9.13 Å². The Balaban J connectivity index is 2.91. The zero-order valence-electron chi connectivity index (χ0n) is 9.05. The number of ether oxygens (including phenoxy) is 1. The highest BCUT2D eigenvalue weighted by molar-refractivity contribution is 6.31. The van der Waals surface area contributed by atoms with Gasteiger partial charge in [0.2, 0.25) is 0 Å². The van der Waals surface area contributed by atoms with Gasteiger partial charge in [-0.15, -0.1) is 0 Å². The van der Waals surface area contributed by atoms with E-state index in [2.05, 4.69) is 0 Å². The molecule has 84 valence electrons. The first-order chi connectivity index (χ1) is 6.91. The summed E-state index contributed by atoms with van der Waals surface area (Å²) in [4.78, 5) is 0. The average Bonchev–Trinajstić information content (AvgIpc) is 2.13. The maximum absolute atomic E-state index is 13.1. The van der Waals surface area contributed by atoms with Crippen LogP contribution in [0.5, 0.6) is 5.75 Å². The molecule has 0 saturated carbocycles. The second-order valence-corrected chi connectivity index (χ2v) is 4.28. The number of anilines is 1. The topological polar surface area (TPSA) is 35.2 Å². The zero-order chi connectivity index (χ0) is 11.6. The molecule has 0 aliphatic rings. The third-order valence-electron chi connectivity index (χ3n) is 2.30. The highest BCUT2D eigenvalue weighted by Gasteiger charge is 2.13. The van der Waals surface area contributed by atoms with Crippen LogP contribution in [-0.4, -0.2) is 6.10 Å². The molecule has 1 aromatic rings. The van der Waals surface area contributed by atoms with Gasteiger partial charge in [-0.3, -0.25) is 0 Å². The summed E-state index contributed by atoms with van der Waals surface area (Å²) in [5.74, 6) is 0.165. The van der Waals surface area contributed by atoms with Crippen molar-refractivity contribution in [2.24, 2.45) is 5.92 Å². The van der Waals surface area contributed by atoms with E-state index in [0.717, 1.165) is 0 Å².